The minimum atomic E-state index is -0.693. The highest BCUT2D eigenvalue weighted by Crippen LogP contribution is 2.35. The second kappa shape index (κ2) is 4.09. The second-order valence-corrected chi connectivity index (χ2v) is 4.69. The van der Waals surface area contributed by atoms with E-state index in [0.717, 1.165) is 5.56 Å². The van der Waals surface area contributed by atoms with Crippen molar-refractivity contribution in [2.75, 3.05) is 0 Å². The Kier molecular flexibility index (Phi) is 2.50. The molecular weight excluding hydrogens is 258 g/mol. The third-order valence-corrected chi connectivity index (χ3v) is 3.37. The van der Waals surface area contributed by atoms with Crippen molar-refractivity contribution in [1.82, 2.24) is 0 Å². The average Bonchev–Trinajstić information content (AvgIpc) is 2.44. The van der Waals surface area contributed by atoms with Crippen molar-refractivity contribution in [1.29, 1.82) is 0 Å². The number of aryl methyl sites for hydroxylation is 1. The number of ketones is 2. The summed E-state index contributed by atoms with van der Waals surface area (Å²) < 4.78 is 0. The summed E-state index contributed by atoms with van der Waals surface area (Å²) in [5.41, 5.74) is 2.35. The molecule has 0 N–H and O–H groups in total. The number of rotatable bonds is 1. The van der Waals surface area contributed by atoms with Crippen LogP contribution in [0.2, 0.25) is 0 Å². The van der Waals surface area contributed by atoms with Crippen LogP contribution in [0.5, 0.6) is 0 Å². The second-order valence-electron chi connectivity index (χ2n) is 4.69. The van der Waals surface area contributed by atoms with Gasteiger partial charge in [0, 0.05) is 23.3 Å². The Morgan fingerprint density at radius 3 is 2.00 bits per heavy atom. The van der Waals surface area contributed by atoms with Gasteiger partial charge in [0.25, 0.3) is 5.69 Å². The highest BCUT2D eigenvalue weighted by molar-refractivity contribution is 6.53. The summed E-state index contributed by atoms with van der Waals surface area (Å²) in [6, 6.07) is 9.29. The molecule has 2 aromatic rings. The molecule has 1 aliphatic rings. The summed E-state index contributed by atoms with van der Waals surface area (Å²) in [4.78, 5) is 34.4. The molecule has 0 aromatic heterocycles. The summed E-state index contributed by atoms with van der Waals surface area (Å²) in [5, 5.41) is 10.8. The zero-order valence-electron chi connectivity index (χ0n) is 10.5. The number of nitrogens with zero attached hydrogens (tertiary/aromatic N) is 1. The molecule has 0 heterocycles. The van der Waals surface area contributed by atoms with E-state index in [1.807, 2.05) is 13.0 Å². The molecule has 20 heavy (non-hydrogen) atoms. The topological polar surface area (TPSA) is 77.3 Å². The van der Waals surface area contributed by atoms with Gasteiger partial charge in [0.05, 0.1) is 4.92 Å². The summed E-state index contributed by atoms with van der Waals surface area (Å²) in [6.45, 7) is 1.84. The first-order chi connectivity index (χ1) is 9.49. The van der Waals surface area contributed by atoms with E-state index < -0.39 is 16.5 Å². The van der Waals surface area contributed by atoms with E-state index in [2.05, 4.69) is 0 Å². The number of hydrogen-bond donors (Lipinski definition) is 0. The standard InChI is InChI=1S/C15H9NO4/c1-8-2-4-10-11-5-3-9(16(19)20)7-13(11)15(18)14(17)12(10)6-8/h2-7H,1H3. The maximum absolute atomic E-state index is 12.1. The van der Waals surface area contributed by atoms with Crippen molar-refractivity contribution in [2.45, 2.75) is 6.92 Å². The molecule has 0 amide bonds. The zero-order chi connectivity index (χ0) is 14.4. The highest BCUT2D eigenvalue weighted by Gasteiger charge is 2.31. The molecular formula is C15H9NO4. The molecule has 0 radical (unpaired) electrons. The Labute approximate surface area is 114 Å². The predicted molar refractivity (Wildman–Crippen MR) is 71.9 cm³/mol. The van der Waals surface area contributed by atoms with Crippen LogP contribution in [0.3, 0.4) is 0 Å². The fourth-order valence-electron chi connectivity index (χ4n) is 2.39. The molecule has 0 bridgehead atoms. The van der Waals surface area contributed by atoms with E-state index >= 15 is 0 Å². The fraction of sp³-hybridized carbons (Fsp3) is 0.0667. The number of hydrogen-bond acceptors (Lipinski definition) is 4. The smallest absolute Gasteiger partial charge is 0.270 e. The van der Waals surface area contributed by atoms with Crippen LogP contribution in [0, 0.1) is 17.0 Å². The normalized spacial score (nSPS) is 12.8. The minimum absolute atomic E-state index is 0.0977. The van der Waals surface area contributed by atoms with Gasteiger partial charge in [-0.25, -0.2) is 0 Å². The molecule has 98 valence electrons. The van der Waals surface area contributed by atoms with Crippen LogP contribution in [-0.2, 0) is 0 Å². The van der Waals surface area contributed by atoms with Gasteiger partial charge < -0.3 is 0 Å². The van der Waals surface area contributed by atoms with E-state index in [4.69, 9.17) is 0 Å². The quantitative estimate of drug-likeness (QED) is 0.452. The van der Waals surface area contributed by atoms with Crippen molar-refractivity contribution < 1.29 is 14.5 Å². The van der Waals surface area contributed by atoms with Crippen LogP contribution < -0.4 is 0 Å². The van der Waals surface area contributed by atoms with E-state index in [-0.39, 0.29) is 11.3 Å². The Balaban J connectivity index is 2.32. The summed E-state index contributed by atoms with van der Waals surface area (Å²) >= 11 is 0. The Morgan fingerprint density at radius 1 is 0.850 bits per heavy atom. The van der Waals surface area contributed by atoms with Crippen molar-refractivity contribution >= 4 is 17.3 Å². The van der Waals surface area contributed by atoms with Crippen LogP contribution in [0.15, 0.2) is 36.4 Å². The van der Waals surface area contributed by atoms with Crippen molar-refractivity contribution in [3.8, 4) is 11.1 Å². The molecule has 0 atom stereocenters. The van der Waals surface area contributed by atoms with Gasteiger partial charge in [0.1, 0.15) is 0 Å². The lowest BCUT2D eigenvalue weighted by atomic mass is 9.83. The summed E-state index contributed by atoms with van der Waals surface area (Å²) in [7, 11) is 0. The van der Waals surface area contributed by atoms with Gasteiger partial charge in [-0.1, -0.05) is 17.7 Å². The van der Waals surface area contributed by atoms with Crippen LogP contribution in [0.25, 0.3) is 11.1 Å². The Hall–Kier alpha value is -2.82. The van der Waals surface area contributed by atoms with E-state index in [1.165, 1.54) is 18.2 Å². The summed E-state index contributed by atoms with van der Waals surface area (Å²) in [5.74, 6) is -1.31. The summed E-state index contributed by atoms with van der Waals surface area (Å²) in [6.07, 6.45) is 0. The van der Waals surface area contributed by atoms with Crippen molar-refractivity contribution in [3.05, 3.63) is 63.2 Å². The van der Waals surface area contributed by atoms with Crippen molar-refractivity contribution in [3.63, 3.8) is 0 Å². The molecule has 1 aliphatic carbocycles. The lowest BCUT2D eigenvalue weighted by molar-refractivity contribution is -0.384. The predicted octanol–water partition coefficient (Wildman–Crippen LogP) is 2.95. The fourth-order valence-corrected chi connectivity index (χ4v) is 2.39. The van der Waals surface area contributed by atoms with Crippen molar-refractivity contribution in [2.24, 2.45) is 0 Å². The number of fused-ring (bicyclic) bond motifs is 3. The lowest BCUT2D eigenvalue weighted by Gasteiger charge is -2.17. The third-order valence-electron chi connectivity index (χ3n) is 3.37. The van der Waals surface area contributed by atoms with Crippen LogP contribution >= 0.6 is 0 Å². The van der Waals surface area contributed by atoms with Crippen LogP contribution in [-0.4, -0.2) is 16.5 Å². The maximum Gasteiger partial charge on any atom is 0.270 e. The first kappa shape index (κ1) is 12.2. The monoisotopic (exact) mass is 267 g/mol. The number of benzene rings is 2. The zero-order valence-corrected chi connectivity index (χ0v) is 10.5. The van der Waals surface area contributed by atoms with E-state index in [9.17, 15) is 19.7 Å². The third kappa shape index (κ3) is 1.64. The van der Waals surface area contributed by atoms with Gasteiger partial charge in [-0.15, -0.1) is 0 Å². The van der Waals surface area contributed by atoms with Crippen LogP contribution in [0.4, 0.5) is 5.69 Å². The molecule has 0 fully saturated rings. The number of non-ortho nitro benzene ring substituents is 1. The molecule has 0 unspecified atom stereocenters. The van der Waals surface area contributed by atoms with Gasteiger partial charge in [0.15, 0.2) is 0 Å². The lowest BCUT2D eigenvalue weighted by Crippen LogP contribution is -2.21. The average molecular weight is 267 g/mol. The van der Waals surface area contributed by atoms with Gasteiger partial charge in [-0.2, -0.15) is 0 Å². The molecule has 5 nitrogen and oxygen atoms in total. The highest BCUT2D eigenvalue weighted by atomic mass is 16.6. The molecule has 5 heteroatoms. The molecule has 3 rings (SSSR count). The van der Waals surface area contributed by atoms with Gasteiger partial charge in [0.2, 0.25) is 11.6 Å². The van der Waals surface area contributed by atoms with E-state index in [1.54, 1.807) is 12.1 Å². The molecule has 0 saturated carbocycles. The number of carbonyl (C=O) groups is 2. The SMILES string of the molecule is Cc1ccc2c(c1)C(=O)C(=O)c1cc([N+](=O)[O-])ccc1-2. The number of carbonyl (C=O) groups excluding carboxylic acids is 2. The molecule has 2 aromatic carbocycles. The van der Waals surface area contributed by atoms with Crippen LogP contribution in [0.1, 0.15) is 26.3 Å². The van der Waals surface area contributed by atoms with Gasteiger partial charge >= 0.3 is 0 Å². The largest absolute Gasteiger partial charge is 0.285 e. The Bertz CT molecular complexity index is 792. The minimum Gasteiger partial charge on any atom is -0.285 e. The van der Waals surface area contributed by atoms with E-state index in [0.29, 0.717) is 16.7 Å². The maximum atomic E-state index is 12.1. The van der Waals surface area contributed by atoms with Gasteiger partial charge in [-0.3, -0.25) is 19.7 Å². The Morgan fingerprint density at radius 2 is 1.40 bits per heavy atom. The molecule has 0 spiro atoms. The number of nitro benzene ring substituents is 1. The number of nitro groups is 1. The molecule has 0 saturated heterocycles. The number of Topliss-reactive ketones (excluding diaryl/α,β-unsaturated/α-hetero) is 2. The first-order valence-electron chi connectivity index (χ1n) is 5.97. The van der Waals surface area contributed by atoms with Gasteiger partial charge in [-0.05, 0) is 30.2 Å². The first-order valence-corrected chi connectivity index (χ1v) is 5.97. The molecule has 0 aliphatic heterocycles.